The molecule has 148 valence electrons. The highest BCUT2D eigenvalue weighted by atomic mass is 16.4. The minimum atomic E-state index is 0.178. The van der Waals surface area contributed by atoms with Gasteiger partial charge in [-0.2, -0.15) is 0 Å². The van der Waals surface area contributed by atoms with Crippen LogP contribution in [0.4, 0.5) is 0 Å². The van der Waals surface area contributed by atoms with E-state index in [0.29, 0.717) is 6.41 Å². The van der Waals surface area contributed by atoms with Gasteiger partial charge in [0, 0.05) is 39.7 Å². The first-order valence-electron chi connectivity index (χ1n) is 8.93. The summed E-state index contributed by atoms with van der Waals surface area (Å²) < 4.78 is 4.25. The van der Waals surface area contributed by atoms with E-state index in [0.717, 1.165) is 38.2 Å². The molecule has 1 aromatic rings. The van der Waals surface area contributed by atoms with Crippen LogP contribution in [0.25, 0.3) is 0 Å². The van der Waals surface area contributed by atoms with Gasteiger partial charge >= 0.3 is 0 Å². The van der Waals surface area contributed by atoms with Gasteiger partial charge in [0.2, 0.25) is 12.8 Å². The van der Waals surface area contributed by atoms with E-state index in [2.05, 4.69) is 33.9 Å². The summed E-state index contributed by atoms with van der Waals surface area (Å²) in [4.78, 5) is 28.9. The van der Waals surface area contributed by atoms with Crippen molar-refractivity contribution in [1.82, 2.24) is 20.2 Å². The Labute approximate surface area is 153 Å². The number of H-pyrrole nitrogens is 1. The highest BCUT2D eigenvalue weighted by molar-refractivity contribution is 5.48. The van der Waals surface area contributed by atoms with Gasteiger partial charge in [-0.05, 0) is 19.8 Å². The smallest absolute Gasteiger partial charge is 0.210 e. The van der Waals surface area contributed by atoms with E-state index in [1.165, 1.54) is 6.42 Å². The standard InChI is InChI=1S/C8H11N3O.C3H7NO.C3H8.C2H6O.C2H6/c12-6-11-5-1-2-7(11)8-9-3-4-10-8;1-2-4-3-5;2*1-3-2;1-2/h3-4,6-7H,1-2,5H2,(H,9,10);3H,2H2,1H3,(H,4,5);3H2,1-2H3;1-2H3;1-2H3. The summed E-state index contributed by atoms with van der Waals surface area (Å²) in [7, 11) is 3.25. The van der Waals surface area contributed by atoms with Crippen molar-refractivity contribution in [2.75, 3.05) is 27.3 Å². The number of hydrogen-bond acceptors (Lipinski definition) is 4. The van der Waals surface area contributed by atoms with Crippen LogP contribution in [0, 0.1) is 0 Å². The molecule has 1 aromatic heterocycles. The molecule has 1 fully saturated rings. The van der Waals surface area contributed by atoms with Crippen LogP contribution >= 0.6 is 0 Å². The number of amides is 2. The van der Waals surface area contributed by atoms with Gasteiger partial charge in [-0.25, -0.2) is 4.98 Å². The summed E-state index contributed by atoms with van der Waals surface area (Å²) in [6, 6.07) is 0.178. The summed E-state index contributed by atoms with van der Waals surface area (Å²) in [6.07, 6.45) is 8.43. The molecule has 7 heteroatoms. The van der Waals surface area contributed by atoms with Gasteiger partial charge in [0.15, 0.2) is 0 Å². The third-order valence-electron chi connectivity index (χ3n) is 2.55. The monoisotopic (exact) mass is 358 g/mol. The number of ether oxygens (including phenoxy) is 1. The lowest BCUT2D eigenvalue weighted by Gasteiger charge is -2.16. The van der Waals surface area contributed by atoms with Crippen LogP contribution < -0.4 is 5.32 Å². The Hall–Kier alpha value is -1.89. The van der Waals surface area contributed by atoms with Crippen molar-refractivity contribution in [2.24, 2.45) is 0 Å². The van der Waals surface area contributed by atoms with Gasteiger partial charge in [0.1, 0.15) is 5.82 Å². The lowest BCUT2D eigenvalue weighted by Crippen LogP contribution is -2.21. The van der Waals surface area contributed by atoms with Crippen LogP contribution in [-0.4, -0.2) is 55.0 Å². The van der Waals surface area contributed by atoms with Crippen LogP contribution in [0.2, 0.25) is 0 Å². The van der Waals surface area contributed by atoms with Gasteiger partial charge in [0.25, 0.3) is 0 Å². The van der Waals surface area contributed by atoms with Crippen molar-refractivity contribution in [2.45, 2.75) is 59.9 Å². The zero-order chi connectivity index (χ0) is 19.9. The number of nitrogens with one attached hydrogen (secondary N) is 2. The topological polar surface area (TPSA) is 87.3 Å². The zero-order valence-corrected chi connectivity index (χ0v) is 17.0. The summed E-state index contributed by atoms with van der Waals surface area (Å²) in [5, 5.41) is 2.43. The molecule has 2 amide bonds. The molecule has 2 N–H and O–H groups in total. The second kappa shape index (κ2) is 24.4. The lowest BCUT2D eigenvalue weighted by molar-refractivity contribution is -0.119. The van der Waals surface area contributed by atoms with E-state index in [9.17, 15) is 9.59 Å². The van der Waals surface area contributed by atoms with Gasteiger partial charge < -0.3 is 19.9 Å². The third kappa shape index (κ3) is 16.7. The molecule has 7 nitrogen and oxygen atoms in total. The third-order valence-corrected chi connectivity index (χ3v) is 2.55. The molecule has 2 rings (SSSR count). The molecular weight excluding hydrogens is 320 g/mol. The molecule has 1 aliphatic heterocycles. The number of aromatic amines is 1. The number of carbonyl (C=O) groups is 2. The Morgan fingerprint density at radius 2 is 1.88 bits per heavy atom. The number of hydrogen-bond donors (Lipinski definition) is 2. The molecule has 0 bridgehead atoms. The Morgan fingerprint density at radius 1 is 1.32 bits per heavy atom. The largest absolute Gasteiger partial charge is 0.388 e. The van der Waals surface area contributed by atoms with Crippen LogP contribution in [0.1, 0.15) is 65.7 Å². The molecule has 1 unspecified atom stereocenters. The van der Waals surface area contributed by atoms with Crippen molar-refractivity contribution < 1.29 is 14.3 Å². The normalized spacial score (nSPS) is 14.0. The molecule has 25 heavy (non-hydrogen) atoms. The number of methoxy groups -OCH3 is 1. The first-order chi connectivity index (χ1) is 12.2. The average molecular weight is 359 g/mol. The minimum Gasteiger partial charge on any atom is -0.388 e. The average Bonchev–Trinajstić information content (AvgIpc) is 3.30. The Morgan fingerprint density at radius 3 is 2.20 bits per heavy atom. The Balaban J connectivity index is -0.000000314. The van der Waals surface area contributed by atoms with Crippen LogP contribution in [0.15, 0.2) is 12.4 Å². The van der Waals surface area contributed by atoms with Crippen LogP contribution in [0.3, 0.4) is 0 Å². The second-order valence-corrected chi connectivity index (χ2v) is 4.77. The second-order valence-electron chi connectivity index (χ2n) is 4.77. The van der Waals surface area contributed by atoms with E-state index in [-0.39, 0.29) is 6.04 Å². The van der Waals surface area contributed by atoms with E-state index >= 15 is 0 Å². The summed E-state index contributed by atoms with van der Waals surface area (Å²) in [5.41, 5.74) is 0. The lowest BCUT2D eigenvalue weighted by atomic mass is 10.2. The van der Waals surface area contributed by atoms with E-state index < -0.39 is 0 Å². The number of carbonyl (C=O) groups excluding carboxylic acids is 2. The first-order valence-corrected chi connectivity index (χ1v) is 8.93. The Kier molecular flexibility index (Phi) is 27.2. The summed E-state index contributed by atoms with van der Waals surface area (Å²) in [5.74, 6) is 0.902. The molecule has 0 saturated carbocycles. The highest BCUT2D eigenvalue weighted by Crippen LogP contribution is 2.27. The molecule has 0 aliphatic carbocycles. The van der Waals surface area contributed by atoms with Gasteiger partial charge in [-0.15, -0.1) is 0 Å². The van der Waals surface area contributed by atoms with Crippen LogP contribution in [0.5, 0.6) is 0 Å². The number of likely N-dealkylation sites (tertiary alicyclic amines) is 1. The van der Waals surface area contributed by atoms with Gasteiger partial charge in [-0.1, -0.05) is 34.1 Å². The molecule has 1 atom stereocenters. The van der Waals surface area contributed by atoms with E-state index in [4.69, 9.17) is 0 Å². The van der Waals surface area contributed by atoms with Gasteiger partial charge in [-0.3, -0.25) is 9.59 Å². The molecular formula is C18H38N4O3. The molecule has 0 aromatic carbocycles. The first kappa shape index (κ1) is 27.9. The van der Waals surface area contributed by atoms with Crippen molar-refractivity contribution in [3.05, 3.63) is 18.2 Å². The molecule has 1 aliphatic rings. The number of nitrogens with zero attached hydrogens (tertiary/aromatic N) is 2. The zero-order valence-electron chi connectivity index (χ0n) is 17.0. The Bertz CT molecular complexity index is 357. The fraction of sp³-hybridized carbons (Fsp3) is 0.722. The number of imidazole rings is 1. The quantitative estimate of drug-likeness (QED) is 0.809. The maximum Gasteiger partial charge on any atom is 0.210 e. The predicted molar refractivity (Wildman–Crippen MR) is 103 cm³/mol. The SMILES string of the molecule is CC.CCC.CCNC=O.COC.O=CN1CCCC1c1ncc[nH]1. The molecule has 0 spiro atoms. The molecule has 1 saturated heterocycles. The van der Waals surface area contributed by atoms with Crippen molar-refractivity contribution in [1.29, 1.82) is 0 Å². The van der Waals surface area contributed by atoms with Crippen molar-refractivity contribution in [3.63, 3.8) is 0 Å². The van der Waals surface area contributed by atoms with E-state index in [1.807, 2.05) is 20.8 Å². The fourth-order valence-electron chi connectivity index (χ4n) is 1.75. The van der Waals surface area contributed by atoms with Crippen molar-refractivity contribution >= 4 is 12.8 Å². The van der Waals surface area contributed by atoms with Crippen molar-refractivity contribution in [3.8, 4) is 0 Å². The summed E-state index contributed by atoms with van der Waals surface area (Å²) >= 11 is 0. The number of rotatable bonds is 4. The fourth-order valence-corrected chi connectivity index (χ4v) is 1.75. The maximum atomic E-state index is 10.6. The number of aromatic nitrogens is 2. The molecule has 2 heterocycles. The van der Waals surface area contributed by atoms with Crippen LogP contribution in [-0.2, 0) is 14.3 Å². The van der Waals surface area contributed by atoms with Gasteiger partial charge in [0.05, 0.1) is 6.04 Å². The molecule has 0 radical (unpaired) electrons. The van der Waals surface area contributed by atoms with E-state index in [1.54, 1.807) is 31.5 Å². The predicted octanol–water partition coefficient (Wildman–Crippen LogP) is 3.16. The minimum absolute atomic E-state index is 0.178. The maximum absolute atomic E-state index is 10.6. The highest BCUT2D eigenvalue weighted by Gasteiger charge is 2.25. The summed E-state index contributed by atoms with van der Waals surface area (Å²) in [6.45, 7) is 11.7.